The number of unbranched alkanes of at least 4 members (excludes halogenated alkanes) is 2. The zero-order valence-electron chi connectivity index (χ0n) is 23.4. The molecule has 40 heavy (non-hydrogen) atoms. The molecule has 6 N–H and O–H groups in total. The van der Waals surface area contributed by atoms with Gasteiger partial charge in [0, 0.05) is 0 Å². The van der Waals surface area contributed by atoms with Crippen molar-refractivity contribution < 1.29 is 65.5 Å². The molecular formula is C24H44O14S2. The third-order valence-electron chi connectivity index (χ3n) is 6.84. The molecule has 0 rings (SSSR count). The zero-order valence-corrected chi connectivity index (χ0v) is 25.0. The Morgan fingerprint density at radius 3 is 1.25 bits per heavy atom. The van der Waals surface area contributed by atoms with Crippen LogP contribution >= 0.6 is 0 Å². The van der Waals surface area contributed by atoms with Crippen LogP contribution in [0.25, 0.3) is 0 Å². The van der Waals surface area contributed by atoms with E-state index in [-0.39, 0.29) is 24.7 Å². The van der Waals surface area contributed by atoms with Gasteiger partial charge in [-0.2, -0.15) is 16.8 Å². The van der Waals surface area contributed by atoms with Crippen molar-refractivity contribution in [2.75, 3.05) is 0 Å². The Labute approximate surface area is 235 Å². The van der Waals surface area contributed by atoms with E-state index in [1.807, 2.05) is 27.7 Å². The van der Waals surface area contributed by atoms with Gasteiger partial charge in [-0.3, -0.25) is 28.3 Å². The Balaban J connectivity index is 0. The highest BCUT2D eigenvalue weighted by Crippen LogP contribution is 2.44. The highest BCUT2D eigenvalue weighted by molar-refractivity contribution is 7.87. The molecule has 0 aromatic carbocycles. The fourth-order valence-corrected chi connectivity index (χ4v) is 6.35. The summed E-state index contributed by atoms with van der Waals surface area (Å²) in [7, 11) is -9.94. The first-order valence-corrected chi connectivity index (χ1v) is 16.1. The van der Waals surface area contributed by atoms with E-state index in [0.717, 1.165) is 25.7 Å². The summed E-state index contributed by atoms with van der Waals surface area (Å²) in [6, 6.07) is 0. The third kappa shape index (κ3) is 13.9. The summed E-state index contributed by atoms with van der Waals surface area (Å²) >= 11 is 0. The van der Waals surface area contributed by atoms with Crippen LogP contribution in [0.3, 0.4) is 0 Å². The van der Waals surface area contributed by atoms with Crippen molar-refractivity contribution in [2.45, 2.75) is 109 Å². The first-order chi connectivity index (χ1) is 18.2. The van der Waals surface area contributed by atoms with Gasteiger partial charge in [0.05, 0.1) is 11.8 Å². The summed E-state index contributed by atoms with van der Waals surface area (Å²) in [5, 5.41) is 31.3. The van der Waals surface area contributed by atoms with Crippen molar-refractivity contribution in [1.29, 1.82) is 0 Å². The Kier molecular flexibility index (Phi) is 18.1. The summed E-state index contributed by atoms with van der Waals surface area (Å²) in [6.45, 7) is 7.80. The minimum absolute atomic E-state index is 0.0712. The average Bonchev–Trinajstić information content (AvgIpc) is 2.80. The molecule has 4 atom stereocenters. The Morgan fingerprint density at radius 1 is 0.675 bits per heavy atom. The molecule has 4 unspecified atom stereocenters. The SMILES string of the molecule is CCCCC(CC)CC(CC(CC)CCCC)(C(=O)O)C(C(=O)O)S(=O)(=O)O.O=C(O)CC(C(=O)O)S(=O)(=O)O. The number of hydrogen-bond acceptors (Lipinski definition) is 8. The topological polar surface area (TPSA) is 258 Å². The second kappa shape index (κ2) is 18.2. The lowest BCUT2D eigenvalue weighted by molar-refractivity contribution is -0.158. The fraction of sp³-hybridized carbons (Fsp3) is 0.833. The number of aliphatic carboxylic acids is 4. The molecule has 236 valence electrons. The molecule has 0 heterocycles. The molecule has 0 saturated carbocycles. The normalized spacial score (nSPS) is 16.4. The van der Waals surface area contributed by atoms with Crippen LogP contribution in [0.15, 0.2) is 0 Å². The van der Waals surface area contributed by atoms with Gasteiger partial charge < -0.3 is 20.4 Å². The van der Waals surface area contributed by atoms with Crippen LogP contribution in [0, 0.1) is 17.3 Å². The van der Waals surface area contributed by atoms with Gasteiger partial charge in [0.1, 0.15) is 0 Å². The fourth-order valence-electron chi connectivity index (χ4n) is 4.63. The Bertz CT molecular complexity index is 1020. The maximum Gasteiger partial charge on any atom is 0.325 e. The minimum atomic E-state index is -5.10. The Morgan fingerprint density at radius 2 is 1.07 bits per heavy atom. The lowest BCUT2D eigenvalue weighted by Crippen LogP contribution is -2.53. The van der Waals surface area contributed by atoms with Crippen molar-refractivity contribution in [2.24, 2.45) is 17.3 Å². The molecule has 0 aromatic heterocycles. The standard InChI is InChI=1S/C20H38O7S.C4H6O7S/c1-5-9-11-15(7-3)13-20(19(23)24,14-16(8-4)12-10-6-2)17(18(21)22)28(25,26)27;5-3(6)1-2(4(7)8)12(9,10)11/h15-17H,5-14H2,1-4H3,(H,21,22)(H,23,24)(H,25,26,27);2H,1H2,(H,5,6)(H,7,8)(H,9,10,11). The number of rotatable bonds is 20. The van der Waals surface area contributed by atoms with Crippen molar-refractivity contribution in [3.63, 3.8) is 0 Å². The van der Waals surface area contributed by atoms with Crippen LogP contribution in [-0.4, -0.2) is 80.7 Å². The molecule has 0 aliphatic heterocycles. The van der Waals surface area contributed by atoms with E-state index in [9.17, 15) is 50.8 Å². The number of carboxylic acid groups (broad SMARTS) is 4. The largest absolute Gasteiger partial charge is 0.481 e. The highest BCUT2D eigenvalue weighted by atomic mass is 32.2. The first-order valence-electron chi connectivity index (χ1n) is 13.1. The number of carboxylic acids is 4. The highest BCUT2D eigenvalue weighted by Gasteiger charge is 2.57. The second-order valence-corrected chi connectivity index (χ2v) is 13.0. The molecule has 16 heteroatoms. The van der Waals surface area contributed by atoms with Crippen LogP contribution in [0.4, 0.5) is 0 Å². The van der Waals surface area contributed by atoms with Crippen LogP contribution in [-0.2, 0) is 39.4 Å². The van der Waals surface area contributed by atoms with Gasteiger partial charge in [0.2, 0.25) is 0 Å². The molecule has 0 aliphatic rings. The van der Waals surface area contributed by atoms with E-state index in [4.69, 9.17) is 14.8 Å². The number of hydrogen-bond donors (Lipinski definition) is 6. The maximum atomic E-state index is 12.4. The molecule has 14 nitrogen and oxygen atoms in total. The van der Waals surface area contributed by atoms with E-state index in [0.29, 0.717) is 25.7 Å². The molecule has 0 spiro atoms. The molecule has 0 bridgehead atoms. The van der Waals surface area contributed by atoms with Crippen molar-refractivity contribution in [3.8, 4) is 0 Å². The summed E-state index contributed by atoms with van der Waals surface area (Å²) in [4.78, 5) is 44.3. The van der Waals surface area contributed by atoms with Gasteiger partial charge in [-0.05, 0) is 24.7 Å². The summed E-state index contributed by atoms with van der Waals surface area (Å²) in [6.07, 6.45) is 4.87. The van der Waals surface area contributed by atoms with E-state index in [1.165, 1.54) is 0 Å². The predicted octanol–water partition coefficient (Wildman–Crippen LogP) is 3.41. The minimum Gasteiger partial charge on any atom is -0.481 e. The quantitative estimate of drug-likeness (QED) is 0.107. The van der Waals surface area contributed by atoms with Gasteiger partial charge in [-0.15, -0.1) is 0 Å². The lowest BCUT2D eigenvalue weighted by atomic mass is 9.68. The smallest absolute Gasteiger partial charge is 0.325 e. The van der Waals surface area contributed by atoms with E-state index in [1.54, 1.807) is 0 Å². The lowest BCUT2D eigenvalue weighted by Gasteiger charge is -2.38. The Hall–Kier alpha value is -2.30. The molecule has 0 radical (unpaired) electrons. The van der Waals surface area contributed by atoms with Crippen molar-refractivity contribution in [1.82, 2.24) is 0 Å². The first kappa shape index (κ1) is 39.8. The average molecular weight is 621 g/mol. The molecule has 0 saturated heterocycles. The molecule has 0 aliphatic carbocycles. The van der Waals surface area contributed by atoms with Crippen LogP contribution < -0.4 is 0 Å². The third-order valence-corrected chi connectivity index (χ3v) is 9.17. The number of carbonyl (C=O) groups is 4. The molecule has 0 aromatic rings. The summed E-state index contributed by atoms with van der Waals surface area (Å²) in [5.41, 5.74) is -2.05. The molecular weight excluding hydrogens is 576 g/mol. The van der Waals surface area contributed by atoms with Gasteiger partial charge >= 0.3 is 23.9 Å². The predicted molar refractivity (Wildman–Crippen MR) is 144 cm³/mol. The van der Waals surface area contributed by atoms with Crippen LogP contribution in [0.1, 0.15) is 98.3 Å². The van der Waals surface area contributed by atoms with E-state index in [2.05, 4.69) is 0 Å². The van der Waals surface area contributed by atoms with Gasteiger partial charge in [-0.1, -0.05) is 79.1 Å². The van der Waals surface area contributed by atoms with Crippen molar-refractivity contribution in [3.05, 3.63) is 0 Å². The van der Waals surface area contributed by atoms with Gasteiger partial charge in [0.15, 0.2) is 10.5 Å². The maximum absolute atomic E-state index is 12.4. The van der Waals surface area contributed by atoms with Gasteiger partial charge in [-0.25, -0.2) is 0 Å². The van der Waals surface area contributed by atoms with Gasteiger partial charge in [0.25, 0.3) is 20.2 Å². The molecule has 0 amide bonds. The zero-order chi connectivity index (χ0) is 31.9. The second-order valence-electron chi connectivity index (χ2n) is 9.88. The summed E-state index contributed by atoms with van der Waals surface area (Å²) < 4.78 is 62.4. The van der Waals surface area contributed by atoms with E-state index < -0.39 is 66.4 Å². The summed E-state index contributed by atoms with van der Waals surface area (Å²) in [5.74, 6) is -7.01. The van der Waals surface area contributed by atoms with Crippen LogP contribution in [0.5, 0.6) is 0 Å². The monoisotopic (exact) mass is 620 g/mol. The van der Waals surface area contributed by atoms with Crippen LogP contribution in [0.2, 0.25) is 0 Å². The van der Waals surface area contributed by atoms with E-state index >= 15 is 0 Å². The molecule has 0 fully saturated rings. The van der Waals surface area contributed by atoms with Crippen molar-refractivity contribution >= 4 is 44.1 Å².